The van der Waals surface area contributed by atoms with Crippen LogP contribution in [0, 0.1) is 0 Å². The first kappa shape index (κ1) is 18.2. The van der Waals surface area contributed by atoms with Gasteiger partial charge in [-0.1, -0.05) is 60.7 Å². The van der Waals surface area contributed by atoms with E-state index in [9.17, 15) is 9.59 Å². The van der Waals surface area contributed by atoms with Gasteiger partial charge in [-0.3, -0.25) is 9.59 Å². The fraction of sp³-hybridized carbons (Fsp3) is 0.143. The maximum atomic E-state index is 12.6. The van der Waals surface area contributed by atoms with Crippen molar-refractivity contribution in [2.75, 3.05) is 5.32 Å². The largest absolute Gasteiger partial charge is 0.345 e. The van der Waals surface area contributed by atoms with Crippen LogP contribution in [0.1, 0.15) is 35.8 Å². The van der Waals surface area contributed by atoms with Gasteiger partial charge in [0.2, 0.25) is 5.91 Å². The topological polar surface area (TPSA) is 58.2 Å². The van der Waals surface area contributed by atoms with Crippen molar-refractivity contribution in [1.82, 2.24) is 5.32 Å². The molecular formula is C21H22N2O2. The third-order valence-electron chi connectivity index (χ3n) is 3.63. The van der Waals surface area contributed by atoms with E-state index in [0.717, 1.165) is 5.56 Å². The summed E-state index contributed by atoms with van der Waals surface area (Å²) in [6, 6.07) is 16.6. The van der Waals surface area contributed by atoms with Crippen molar-refractivity contribution in [3.63, 3.8) is 0 Å². The number of benzene rings is 2. The molecule has 0 saturated heterocycles. The molecule has 2 N–H and O–H groups in total. The average molecular weight is 334 g/mol. The van der Waals surface area contributed by atoms with Crippen LogP contribution in [0.15, 0.2) is 78.9 Å². The fourth-order valence-corrected chi connectivity index (χ4v) is 2.32. The van der Waals surface area contributed by atoms with E-state index in [1.165, 1.54) is 6.08 Å². The number of para-hydroxylation sites is 1. The van der Waals surface area contributed by atoms with Crippen molar-refractivity contribution in [3.05, 3.63) is 90.0 Å². The van der Waals surface area contributed by atoms with Crippen molar-refractivity contribution in [1.29, 1.82) is 0 Å². The summed E-state index contributed by atoms with van der Waals surface area (Å²) in [6.07, 6.45) is 6.66. The van der Waals surface area contributed by atoms with Crippen LogP contribution in [0.4, 0.5) is 5.69 Å². The molecule has 1 unspecified atom stereocenters. The zero-order valence-corrected chi connectivity index (χ0v) is 14.4. The molecule has 0 saturated carbocycles. The minimum Gasteiger partial charge on any atom is -0.345 e. The minimum absolute atomic E-state index is 0.132. The number of hydrogen-bond donors (Lipinski definition) is 2. The number of allylic oxidation sites excluding steroid dienone is 3. The van der Waals surface area contributed by atoms with E-state index in [-0.39, 0.29) is 17.9 Å². The summed E-state index contributed by atoms with van der Waals surface area (Å²) in [6.45, 7) is 3.80. The van der Waals surface area contributed by atoms with Crippen molar-refractivity contribution in [2.45, 2.75) is 19.9 Å². The highest BCUT2D eigenvalue weighted by atomic mass is 16.2. The number of carbonyl (C=O) groups excluding carboxylic acids is 2. The lowest BCUT2D eigenvalue weighted by molar-refractivity contribution is -0.111. The molecule has 0 bridgehead atoms. The van der Waals surface area contributed by atoms with E-state index in [4.69, 9.17) is 0 Å². The molecule has 2 rings (SSSR count). The SMILES string of the molecule is CC=CC=CC(=O)Nc1ccccc1C(=O)NC(C)c1ccccc1. The lowest BCUT2D eigenvalue weighted by Crippen LogP contribution is -2.27. The molecule has 2 amide bonds. The average Bonchev–Trinajstić information content (AvgIpc) is 2.63. The molecule has 2 aromatic rings. The predicted molar refractivity (Wildman–Crippen MR) is 101 cm³/mol. The normalized spacial score (nSPS) is 12.2. The first-order chi connectivity index (χ1) is 12.1. The summed E-state index contributed by atoms with van der Waals surface area (Å²) >= 11 is 0. The molecule has 0 heterocycles. The number of hydrogen-bond acceptors (Lipinski definition) is 2. The number of amides is 2. The predicted octanol–water partition coefficient (Wildman–Crippen LogP) is 4.25. The van der Waals surface area contributed by atoms with Gasteiger partial charge in [0.25, 0.3) is 5.91 Å². The van der Waals surface area contributed by atoms with Crippen molar-refractivity contribution < 1.29 is 9.59 Å². The Hall–Kier alpha value is -3.14. The smallest absolute Gasteiger partial charge is 0.253 e. The molecule has 25 heavy (non-hydrogen) atoms. The minimum atomic E-state index is -0.283. The fourth-order valence-electron chi connectivity index (χ4n) is 2.32. The molecule has 4 heteroatoms. The molecule has 0 aliphatic rings. The molecule has 2 aromatic carbocycles. The molecule has 0 fully saturated rings. The van der Waals surface area contributed by atoms with Gasteiger partial charge in [0, 0.05) is 6.08 Å². The molecule has 0 aliphatic heterocycles. The molecular weight excluding hydrogens is 312 g/mol. The number of anilines is 1. The van der Waals surface area contributed by atoms with Gasteiger partial charge in [-0.05, 0) is 31.5 Å². The maximum Gasteiger partial charge on any atom is 0.253 e. The highest BCUT2D eigenvalue weighted by Crippen LogP contribution is 2.18. The second kappa shape index (κ2) is 9.23. The van der Waals surface area contributed by atoms with Gasteiger partial charge in [0.1, 0.15) is 0 Å². The van der Waals surface area contributed by atoms with E-state index in [2.05, 4.69) is 10.6 Å². The zero-order chi connectivity index (χ0) is 18.1. The molecule has 0 spiro atoms. The van der Waals surface area contributed by atoms with Gasteiger partial charge in [0.15, 0.2) is 0 Å². The number of carbonyl (C=O) groups is 2. The Morgan fingerprint density at radius 3 is 2.36 bits per heavy atom. The Labute approximate surface area is 148 Å². The first-order valence-electron chi connectivity index (χ1n) is 8.17. The molecule has 0 aliphatic carbocycles. The van der Waals surface area contributed by atoms with Crippen molar-refractivity contribution in [2.24, 2.45) is 0 Å². The Bertz CT molecular complexity index is 779. The summed E-state index contributed by atoms with van der Waals surface area (Å²) in [4.78, 5) is 24.5. The highest BCUT2D eigenvalue weighted by Gasteiger charge is 2.15. The summed E-state index contributed by atoms with van der Waals surface area (Å²) in [5.41, 5.74) is 1.93. The number of rotatable bonds is 6. The van der Waals surface area contributed by atoms with Gasteiger partial charge in [0.05, 0.1) is 17.3 Å². The van der Waals surface area contributed by atoms with Crippen molar-refractivity contribution >= 4 is 17.5 Å². The van der Waals surface area contributed by atoms with Crippen LogP contribution in [-0.4, -0.2) is 11.8 Å². The second-order valence-electron chi connectivity index (χ2n) is 5.53. The molecule has 0 radical (unpaired) electrons. The Morgan fingerprint density at radius 1 is 0.960 bits per heavy atom. The van der Waals surface area contributed by atoms with Crippen LogP contribution in [0.5, 0.6) is 0 Å². The summed E-state index contributed by atoms with van der Waals surface area (Å²) in [7, 11) is 0. The van der Waals surface area contributed by atoms with E-state index in [0.29, 0.717) is 11.3 Å². The van der Waals surface area contributed by atoms with Gasteiger partial charge in [-0.15, -0.1) is 0 Å². The van der Waals surface area contributed by atoms with E-state index in [1.807, 2.05) is 50.3 Å². The van der Waals surface area contributed by atoms with Crippen LogP contribution in [0.25, 0.3) is 0 Å². The second-order valence-corrected chi connectivity index (χ2v) is 5.53. The highest BCUT2D eigenvalue weighted by molar-refractivity contribution is 6.06. The van der Waals surface area contributed by atoms with Crippen LogP contribution < -0.4 is 10.6 Å². The van der Waals surface area contributed by atoms with Crippen molar-refractivity contribution in [3.8, 4) is 0 Å². The van der Waals surface area contributed by atoms with E-state index >= 15 is 0 Å². The van der Waals surface area contributed by atoms with Gasteiger partial charge >= 0.3 is 0 Å². The number of nitrogens with one attached hydrogen (secondary N) is 2. The summed E-state index contributed by atoms with van der Waals surface area (Å²) < 4.78 is 0. The third-order valence-corrected chi connectivity index (χ3v) is 3.63. The quantitative estimate of drug-likeness (QED) is 0.613. The summed E-state index contributed by atoms with van der Waals surface area (Å²) in [5.74, 6) is -0.515. The lowest BCUT2D eigenvalue weighted by Gasteiger charge is -2.16. The zero-order valence-electron chi connectivity index (χ0n) is 14.4. The molecule has 1 atom stereocenters. The van der Waals surface area contributed by atoms with Gasteiger partial charge in [-0.25, -0.2) is 0 Å². The van der Waals surface area contributed by atoms with E-state index in [1.54, 1.807) is 36.4 Å². The Balaban J connectivity index is 2.11. The Morgan fingerprint density at radius 2 is 1.64 bits per heavy atom. The molecule has 0 aromatic heterocycles. The Kier molecular flexibility index (Phi) is 6.72. The van der Waals surface area contributed by atoms with Gasteiger partial charge < -0.3 is 10.6 Å². The van der Waals surface area contributed by atoms with Crippen LogP contribution in [0.3, 0.4) is 0 Å². The maximum absolute atomic E-state index is 12.6. The van der Waals surface area contributed by atoms with Crippen LogP contribution >= 0.6 is 0 Å². The van der Waals surface area contributed by atoms with Crippen LogP contribution in [0.2, 0.25) is 0 Å². The van der Waals surface area contributed by atoms with E-state index < -0.39 is 0 Å². The standard InChI is InChI=1S/C21H22N2O2/c1-3-4-6-15-20(24)23-19-14-10-9-13-18(19)21(25)22-16(2)17-11-7-5-8-12-17/h3-16H,1-2H3,(H,22,25)(H,23,24). The monoisotopic (exact) mass is 334 g/mol. The lowest BCUT2D eigenvalue weighted by atomic mass is 10.1. The molecule has 128 valence electrons. The van der Waals surface area contributed by atoms with Crippen LogP contribution in [-0.2, 0) is 4.79 Å². The summed E-state index contributed by atoms with van der Waals surface area (Å²) in [5, 5.41) is 5.70. The third kappa shape index (κ3) is 5.46. The first-order valence-corrected chi connectivity index (χ1v) is 8.17. The van der Waals surface area contributed by atoms with Gasteiger partial charge in [-0.2, -0.15) is 0 Å². The molecule has 4 nitrogen and oxygen atoms in total.